The predicted octanol–water partition coefficient (Wildman–Crippen LogP) is 4.96. The van der Waals surface area contributed by atoms with Crippen LogP contribution in [0.2, 0.25) is 0 Å². The van der Waals surface area contributed by atoms with Crippen molar-refractivity contribution in [2.45, 2.75) is 11.4 Å². The van der Waals surface area contributed by atoms with Crippen LogP contribution in [0.3, 0.4) is 0 Å². The molecule has 32 heavy (non-hydrogen) atoms. The number of H-pyrrole nitrogens is 1. The Bertz CT molecular complexity index is 1250. The zero-order valence-electron chi connectivity index (χ0n) is 17.3. The molecule has 2 atom stereocenters. The third-order valence-electron chi connectivity index (χ3n) is 5.64. The summed E-state index contributed by atoms with van der Waals surface area (Å²) in [5.41, 5.74) is 4.86. The zero-order chi connectivity index (χ0) is 21.9. The van der Waals surface area contributed by atoms with Gasteiger partial charge in [-0.25, -0.2) is 0 Å². The van der Waals surface area contributed by atoms with Gasteiger partial charge in [-0.15, -0.1) is 11.8 Å². The van der Waals surface area contributed by atoms with E-state index in [-0.39, 0.29) is 17.8 Å². The molecular formula is C26H22N2O3S. The van der Waals surface area contributed by atoms with Gasteiger partial charge in [0.05, 0.1) is 5.37 Å². The highest BCUT2D eigenvalue weighted by molar-refractivity contribution is 7.99. The highest BCUT2D eigenvalue weighted by Crippen LogP contribution is 2.36. The van der Waals surface area contributed by atoms with Crippen LogP contribution in [0.4, 0.5) is 0 Å². The summed E-state index contributed by atoms with van der Waals surface area (Å²) in [6.07, 6.45) is 1.91. The number of rotatable bonds is 6. The fourth-order valence-electron chi connectivity index (χ4n) is 3.93. The Morgan fingerprint density at radius 1 is 0.906 bits per heavy atom. The van der Waals surface area contributed by atoms with E-state index in [0.29, 0.717) is 11.3 Å². The fraction of sp³-hybridized carbons (Fsp3) is 0.154. The van der Waals surface area contributed by atoms with Crippen molar-refractivity contribution in [3.05, 3.63) is 96.2 Å². The summed E-state index contributed by atoms with van der Waals surface area (Å²) in [5, 5.41) is 4.49. The van der Waals surface area contributed by atoms with Crippen molar-refractivity contribution in [3.8, 4) is 11.1 Å². The van der Waals surface area contributed by atoms with Crippen molar-refractivity contribution in [1.82, 2.24) is 10.3 Å². The van der Waals surface area contributed by atoms with Gasteiger partial charge in [0.15, 0.2) is 12.4 Å². The molecule has 5 nitrogen and oxygen atoms in total. The molecule has 1 aromatic heterocycles. The van der Waals surface area contributed by atoms with Gasteiger partial charge in [-0.05, 0) is 28.8 Å². The van der Waals surface area contributed by atoms with Gasteiger partial charge in [0.2, 0.25) is 0 Å². The Kier molecular flexibility index (Phi) is 5.79. The lowest BCUT2D eigenvalue weighted by Gasteiger charge is -2.14. The minimum atomic E-state index is -0.438. The van der Waals surface area contributed by atoms with Crippen LogP contribution in [0, 0.1) is 0 Å². The molecule has 0 spiro atoms. The summed E-state index contributed by atoms with van der Waals surface area (Å²) in [4.78, 5) is 28.3. The number of fused-ring (bicyclic) bond motifs is 1. The monoisotopic (exact) mass is 442 g/mol. The van der Waals surface area contributed by atoms with Crippen LogP contribution in [0.15, 0.2) is 85.1 Å². The molecule has 1 fully saturated rings. The molecule has 0 amide bonds. The number of benzene rings is 3. The second kappa shape index (κ2) is 9.02. The number of ether oxygens (including phenoxy) is 1. The largest absolute Gasteiger partial charge is 0.456 e. The Hall–Kier alpha value is -3.35. The van der Waals surface area contributed by atoms with Gasteiger partial charge >= 0.3 is 5.97 Å². The SMILES string of the molecule is O=C(COC(=O)[C@@H]1CS[C@H](c2cccc3[nH]ccc23)N1)c1ccc(-c2ccccc2)cc1. The van der Waals surface area contributed by atoms with Crippen molar-refractivity contribution in [1.29, 1.82) is 0 Å². The average molecular weight is 443 g/mol. The zero-order valence-corrected chi connectivity index (χ0v) is 18.1. The van der Waals surface area contributed by atoms with Crippen molar-refractivity contribution in [2.75, 3.05) is 12.4 Å². The number of hydrogen-bond donors (Lipinski definition) is 2. The van der Waals surface area contributed by atoms with E-state index in [1.807, 2.05) is 66.9 Å². The van der Waals surface area contributed by atoms with Crippen LogP contribution >= 0.6 is 11.8 Å². The molecule has 5 rings (SSSR count). The number of Topliss-reactive ketones (excluding diaryl/α,β-unsaturated/α-hetero) is 1. The molecule has 2 heterocycles. The standard InChI is InChI=1S/C26H22N2O3S/c29-24(19-11-9-18(10-12-19)17-5-2-1-3-6-17)15-31-26(30)23-16-32-25(28-23)21-7-4-8-22-20(21)13-14-27-22/h1-14,23,25,27-28H,15-16H2/t23-,25+/m0/s1. The first kappa shape index (κ1) is 20.5. The number of carbonyl (C=O) groups excluding carboxylic acids is 2. The molecule has 0 bridgehead atoms. The molecule has 0 saturated carbocycles. The maximum absolute atomic E-state index is 12.6. The quantitative estimate of drug-likeness (QED) is 0.326. The lowest BCUT2D eigenvalue weighted by atomic mass is 10.0. The van der Waals surface area contributed by atoms with Crippen LogP contribution in [0.25, 0.3) is 22.0 Å². The molecule has 1 aliphatic rings. The maximum atomic E-state index is 12.6. The summed E-state index contributed by atoms with van der Waals surface area (Å²) < 4.78 is 5.34. The van der Waals surface area contributed by atoms with E-state index >= 15 is 0 Å². The number of ketones is 1. The van der Waals surface area contributed by atoms with Crippen molar-refractivity contribution < 1.29 is 14.3 Å². The fourth-order valence-corrected chi connectivity index (χ4v) is 5.19. The van der Waals surface area contributed by atoms with Gasteiger partial charge in [0.1, 0.15) is 6.04 Å². The number of hydrogen-bond acceptors (Lipinski definition) is 5. The average Bonchev–Trinajstić information content (AvgIpc) is 3.53. The normalized spacial score (nSPS) is 18.0. The van der Waals surface area contributed by atoms with Gasteiger partial charge in [-0.3, -0.25) is 14.9 Å². The number of aromatic nitrogens is 1. The van der Waals surface area contributed by atoms with Crippen LogP contribution in [-0.2, 0) is 9.53 Å². The van der Waals surface area contributed by atoms with Crippen LogP contribution in [0.1, 0.15) is 21.3 Å². The Balaban J connectivity index is 1.17. The molecule has 1 aliphatic heterocycles. The summed E-state index contributed by atoms with van der Waals surface area (Å²) in [5.74, 6) is -0.00247. The Morgan fingerprint density at radius 3 is 2.50 bits per heavy atom. The summed E-state index contributed by atoms with van der Waals surface area (Å²) in [6, 6.07) is 25.0. The van der Waals surface area contributed by atoms with E-state index in [0.717, 1.165) is 27.6 Å². The first-order valence-corrected chi connectivity index (χ1v) is 11.5. The number of thioether (sulfide) groups is 1. The molecule has 0 unspecified atom stereocenters. The highest BCUT2D eigenvalue weighted by Gasteiger charge is 2.32. The maximum Gasteiger partial charge on any atom is 0.324 e. The van der Waals surface area contributed by atoms with Gasteiger partial charge < -0.3 is 9.72 Å². The topological polar surface area (TPSA) is 71.2 Å². The van der Waals surface area contributed by atoms with Gasteiger partial charge in [-0.1, -0.05) is 66.7 Å². The molecule has 160 valence electrons. The smallest absolute Gasteiger partial charge is 0.324 e. The van der Waals surface area contributed by atoms with Crippen molar-refractivity contribution in [2.24, 2.45) is 0 Å². The minimum absolute atomic E-state index is 0.00767. The molecule has 4 aromatic rings. The van der Waals surface area contributed by atoms with E-state index in [1.54, 1.807) is 23.9 Å². The number of carbonyl (C=O) groups is 2. The van der Waals surface area contributed by atoms with Crippen LogP contribution in [0.5, 0.6) is 0 Å². The number of nitrogens with one attached hydrogen (secondary N) is 2. The molecule has 0 radical (unpaired) electrons. The molecule has 6 heteroatoms. The second-order valence-corrected chi connectivity index (χ2v) is 8.83. The predicted molar refractivity (Wildman–Crippen MR) is 128 cm³/mol. The number of aromatic amines is 1. The van der Waals surface area contributed by atoms with Gasteiger partial charge in [-0.2, -0.15) is 0 Å². The number of esters is 1. The Morgan fingerprint density at radius 2 is 1.69 bits per heavy atom. The second-order valence-electron chi connectivity index (χ2n) is 7.69. The Labute approximate surface area is 190 Å². The summed E-state index contributed by atoms with van der Waals surface area (Å²) in [6.45, 7) is -0.260. The third-order valence-corrected chi connectivity index (χ3v) is 6.89. The van der Waals surface area contributed by atoms with E-state index in [1.165, 1.54) is 0 Å². The van der Waals surface area contributed by atoms with E-state index in [4.69, 9.17) is 4.74 Å². The van der Waals surface area contributed by atoms with Crippen molar-refractivity contribution in [3.63, 3.8) is 0 Å². The van der Waals surface area contributed by atoms with Crippen molar-refractivity contribution >= 4 is 34.4 Å². The van der Waals surface area contributed by atoms with Crippen LogP contribution < -0.4 is 5.32 Å². The minimum Gasteiger partial charge on any atom is -0.456 e. The first-order valence-electron chi connectivity index (χ1n) is 10.5. The van der Waals surface area contributed by atoms with E-state index in [9.17, 15) is 9.59 Å². The lowest BCUT2D eigenvalue weighted by molar-refractivity contribution is -0.144. The van der Waals surface area contributed by atoms with E-state index in [2.05, 4.69) is 16.4 Å². The molecule has 3 aromatic carbocycles. The molecule has 1 saturated heterocycles. The summed E-state index contributed by atoms with van der Waals surface area (Å²) >= 11 is 1.67. The van der Waals surface area contributed by atoms with Gasteiger partial charge in [0, 0.05) is 28.4 Å². The molecule has 2 N–H and O–H groups in total. The lowest BCUT2D eigenvalue weighted by Crippen LogP contribution is -2.36. The van der Waals surface area contributed by atoms with E-state index < -0.39 is 12.0 Å². The molecule has 0 aliphatic carbocycles. The summed E-state index contributed by atoms with van der Waals surface area (Å²) in [7, 11) is 0. The first-order chi connectivity index (χ1) is 15.7. The highest BCUT2D eigenvalue weighted by atomic mass is 32.2. The third kappa shape index (κ3) is 4.20. The van der Waals surface area contributed by atoms with Crippen LogP contribution in [-0.4, -0.2) is 35.1 Å². The molecular weight excluding hydrogens is 420 g/mol. The van der Waals surface area contributed by atoms with Gasteiger partial charge in [0.25, 0.3) is 0 Å².